The highest BCUT2D eigenvalue weighted by Crippen LogP contribution is 2.25. The lowest BCUT2D eigenvalue weighted by Gasteiger charge is -2.12. The third-order valence-corrected chi connectivity index (χ3v) is 4.42. The Labute approximate surface area is 142 Å². The molecule has 0 aliphatic carbocycles. The Morgan fingerprint density at radius 1 is 1.29 bits per heavy atom. The van der Waals surface area contributed by atoms with Gasteiger partial charge in [-0.05, 0) is 25.1 Å². The third-order valence-electron chi connectivity index (χ3n) is 3.59. The van der Waals surface area contributed by atoms with Gasteiger partial charge < -0.3 is 4.74 Å². The summed E-state index contributed by atoms with van der Waals surface area (Å²) in [5, 5.41) is 3.17. The van der Waals surface area contributed by atoms with E-state index in [4.69, 9.17) is 4.74 Å². The molecule has 3 amide bonds. The molecule has 0 saturated carbocycles. The monoisotopic (exact) mass is 345 g/mol. The molecule has 1 aliphatic heterocycles. The normalized spacial score (nSPS) is 13.3. The van der Waals surface area contributed by atoms with Crippen LogP contribution in [0.25, 0.3) is 0 Å². The van der Waals surface area contributed by atoms with Crippen LogP contribution in [0.3, 0.4) is 0 Å². The van der Waals surface area contributed by atoms with E-state index < -0.39 is 5.91 Å². The van der Waals surface area contributed by atoms with E-state index >= 15 is 0 Å². The van der Waals surface area contributed by atoms with E-state index in [0.29, 0.717) is 16.3 Å². The maximum atomic E-state index is 12.4. The zero-order chi connectivity index (χ0) is 17.3. The van der Waals surface area contributed by atoms with Gasteiger partial charge >= 0.3 is 0 Å². The highest BCUT2D eigenvalue weighted by Gasteiger charge is 2.35. The van der Waals surface area contributed by atoms with Crippen molar-refractivity contribution in [2.24, 2.45) is 0 Å². The van der Waals surface area contributed by atoms with Crippen molar-refractivity contribution >= 4 is 34.2 Å². The molecular weight excluding hydrogens is 330 g/mol. The fourth-order valence-electron chi connectivity index (χ4n) is 2.40. The Morgan fingerprint density at radius 3 is 2.71 bits per heavy atom. The Morgan fingerprint density at radius 2 is 2.04 bits per heavy atom. The second-order valence-electron chi connectivity index (χ2n) is 5.25. The van der Waals surface area contributed by atoms with E-state index in [0.717, 1.165) is 9.78 Å². The van der Waals surface area contributed by atoms with Gasteiger partial charge in [0.2, 0.25) is 0 Å². The van der Waals surface area contributed by atoms with Gasteiger partial charge in [-0.1, -0.05) is 0 Å². The maximum Gasteiger partial charge on any atom is 0.261 e. The van der Waals surface area contributed by atoms with Crippen LogP contribution in [0, 0.1) is 6.92 Å². The molecule has 8 heteroatoms. The van der Waals surface area contributed by atoms with E-state index in [1.54, 1.807) is 6.20 Å². The molecule has 2 aromatic rings. The summed E-state index contributed by atoms with van der Waals surface area (Å²) < 4.78 is 4.91. The molecule has 0 radical (unpaired) electrons. The summed E-state index contributed by atoms with van der Waals surface area (Å²) in [6, 6.07) is 4.47. The molecule has 124 valence electrons. The molecule has 1 aromatic heterocycles. The minimum Gasteiger partial charge on any atom is -0.383 e. The number of carbonyl (C=O) groups is 3. The number of fused-ring (bicyclic) bond motifs is 1. The van der Waals surface area contributed by atoms with Crippen molar-refractivity contribution in [1.82, 2.24) is 9.88 Å². The summed E-state index contributed by atoms with van der Waals surface area (Å²) in [5.74, 6) is -1.15. The maximum absolute atomic E-state index is 12.4. The fourth-order valence-corrected chi connectivity index (χ4v) is 3.06. The summed E-state index contributed by atoms with van der Waals surface area (Å²) in [7, 11) is 1.50. The Bertz CT molecular complexity index is 830. The van der Waals surface area contributed by atoms with Gasteiger partial charge in [0, 0.05) is 23.7 Å². The standard InChI is InChI=1S/C16H15N3O4S/c1-9-8-17-16(24-9)18-13(20)10-3-4-11-12(7-10)15(22)19(14(11)21)5-6-23-2/h3-4,7-8H,5-6H2,1-2H3,(H,17,18,20). The Kier molecular flexibility index (Phi) is 4.41. The number of rotatable bonds is 5. The van der Waals surface area contributed by atoms with E-state index in [9.17, 15) is 14.4 Å². The minimum atomic E-state index is -0.410. The summed E-state index contributed by atoms with van der Waals surface area (Å²) >= 11 is 1.36. The molecule has 2 heterocycles. The topological polar surface area (TPSA) is 88.6 Å². The smallest absolute Gasteiger partial charge is 0.261 e. The molecule has 7 nitrogen and oxygen atoms in total. The number of carbonyl (C=O) groups excluding carboxylic acids is 3. The zero-order valence-electron chi connectivity index (χ0n) is 13.2. The van der Waals surface area contributed by atoms with Crippen LogP contribution in [0.2, 0.25) is 0 Å². The summed E-state index contributed by atoms with van der Waals surface area (Å²) in [5.41, 5.74) is 0.841. The second kappa shape index (κ2) is 6.50. The largest absolute Gasteiger partial charge is 0.383 e. The van der Waals surface area contributed by atoms with Crippen molar-refractivity contribution in [2.75, 3.05) is 25.6 Å². The first kappa shape index (κ1) is 16.3. The molecule has 0 bridgehead atoms. The van der Waals surface area contributed by atoms with Gasteiger partial charge in [0.25, 0.3) is 17.7 Å². The first-order valence-electron chi connectivity index (χ1n) is 7.24. The SMILES string of the molecule is COCCN1C(=O)c2ccc(C(=O)Nc3ncc(C)s3)cc2C1=O. The average molecular weight is 345 g/mol. The van der Waals surface area contributed by atoms with Gasteiger partial charge in [0.15, 0.2) is 5.13 Å². The summed E-state index contributed by atoms with van der Waals surface area (Å²) in [4.78, 5) is 43.1. The number of nitrogens with zero attached hydrogens (tertiary/aromatic N) is 2. The van der Waals surface area contributed by atoms with Crippen molar-refractivity contribution in [2.45, 2.75) is 6.92 Å². The van der Waals surface area contributed by atoms with Crippen LogP contribution in [0.1, 0.15) is 36.0 Å². The van der Waals surface area contributed by atoms with Crippen molar-refractivity contribution in [3.8, 4) is 0 Å². The molecule has 0 unspecified atom stereocenters. The number of thiazole rings is 1. The number of aromatic nitrogens is 1. The predicted octanol–water partition coefficient (Wildman–Crippen LogP) is 1.95. The zero-order valence-corrected chi connectivity index (χ0v) is 14.0. The van der Waals surface area contributed by atoms with Gasteiger partial charge in [-0.15, -0.1) is 11.3 Å². The molecule has 1 aromatic carbocycles. The van der Waals surface area contributed by atoms with Crippen LogP contribution < -0.4 is 5.32 Å². The molecule has 0 saturated heterocycles. The van der Waals surface area contributed by atoms with E-state index in [2.05, 4.69) is 10.3 Å². The molecule has 24 heavy (non-hydrogen) atoms. The number of hydrogen-bond donors (Lipinski definition) is 1. The molecule has 1 aliphatic rings. The van der Waals surface area contributed by atoms with Gasteiger partial charge in [0.05, 0.1) is 24.3 Å². The lowest BCUT2D eigenvalue weighted by atomic mass is 10.1. The molecular formula is C16H15N3O4S. The van der Waals surface area contributed by atoms with Crippen molar-refractivity contribution < 1.29 is 19.1 Å². The average Bonchev–Trinajstić information content (AvgIpc) is 3.08. The summed E-state index contributed by atoms with van der Waals surface area (Å²) in [6.45, 7) is 2.34. The van der Waals surface area contributed by atoms with E-state index in [-0.39, 0.29) is 30.5 Å². The lowest BCUT2D eigenvalue weighted by Crippen LogP contribution is -2.32. The van der Waals surface area contributed by atoms with E-state index in [1.807, 2.05) is 6.92 Å². The van der Waals surface area contributed by atoms with E-state index in [1.165, 1.54) is 36.6 Å². The van der Waals surface area contributed by atoms with Crippen LogP contribution in [0.5, 0.6) is 0 Å². The highest BCUT2D eigenvalue weighted by molar-refractivity contribution is 7.15. The predicted molar refractivity (Wildman–Crippen MR) is 88.5 cm³/mol. The quantitative estimate of drug-likeness (QED) is 0.837. The number of methoxy groups -OCH3 is 1. The molecule has 3 rings (SSSR count). The number of ether oxygens (including phenoxy) is 1. The molecule has 0 fully saturated rings. The van der Waals surface area contributed by atoms with Crippen molar-refractivity contribution in [3.05, 3.63) is 46.0 Å². The van der Waals surface area contributed by atoms with Crippen LogP contribution in [-0.2, 0) is 4.74 Å². The number of anilines is 1. The van der Waals surface area contributed by atoms with Crippen LogP contribution >= 0.6 is 11.3 Å². The number of aryl methyl sites for hydroxylation is 1. The summed E-state index contributed by atoms with van der Waals surface area (Å²) in [6.07, 6.45) is 1.67. The first-order valence-corrected chi connectivity index (χ1v) is 8.06. The number of nitrogens with one attached hydrogen (secondary N) is 1. The number of benzene rings is 1. The highest BCUT2D eigenvalue weighted by atomic mass is 32.1. The molecule has 0 spiro atoms. The number of hydrogen-bond acceptors (Lipinski definition) is 6. The van der Waals surface area contributed by atoms with Crippen LogP contribution in [0.15, 0.2) is 24.4 Å². The van der Waals surface area contributed by atoms with Crippen LogP contribution in [-0.4, -0.2) is 47.9 Å². The van der Waals surface area contributed by atoms with Gasteiger partial charge in [-0.25, -0.2) is 4.98 Å². The molecule has 0 atom stereocenters. The second-order valence-corrected chi connectivity index (χ2v) is 6.48. The Hall–Kier alpha value is -2.58. The van der Waals surface area contributed by atoms with Crippen LogP contribution in [0.4, 0.5) is 5.13 Å². The third kappa shape index (κ3) is 2.93. The van der Waals surface area contributed by atoms with Crippen molar-refractivity contribution in [3.63, 3.8) is 0 Å². The van der Waals surface area contributed by atoms with Gasteiger partial charge in [0.1, 0.15) is 0 Å². The number of amides is 3. The van der Waals surface area contributed by atoms with Gasteiger partial charge in [-0.3, -0.25) is 24.6 Å². The van der Waals surface area contributed by atoms with Gasteiger partial charge in [-0.2, -0.15) is 0 Å². The lowest BCUT2D eigenvalue weighted by molar-refractivity contribution is 0.0603. The minimum absolute atomic E-state index is 0.183. The fraction of sp³-hybridized carbons (Fsp3) is 0.250. The Balaban J connectivity index is 1.82. The molecule has 1 N–H and O–H groups in total. The van der Waals surface area contributed by atoms with Crippen molar-refractivity contribution in [1.29, 1.82) is 0 Å². The number of imide groups is 1. The first-order chi connectivity index (χ1) is 11.5.